The number of aryl methyl sites for hydroxylation is 1. The van der Waals surface area contributed by atoms with E-state index in [0.29, 0.717) is 5.92 Å². The molecule has 0 aromatic carbocycles. The zero-order valence-electron chi connectivity index (χ0n) is 12.7. The van der Waals surface area contributed by atoms with Gasteiger partial charge in [0.25, 0.3) is 0 Å². The van der Waals surface area contributed by atoms with Gasteiger partial charge in [0, 0.05) is 10.4 Å². The van der Waals surface area contributed by atoms with Crippen LogP contribution in [0.5, 0.6) is 0 Å². The Kier molecular flexibility index (Phi) is 6.00. The molecule has 1 fully saturated rings. The minimum absolute atomic E-state index is 0.0258. The second kappa shape index (κ2) is 7.53. The summed E-state index contributed by atoms with van der Waals surface area (Å²) in [4.78, 5) is 1.25. The van der Waals surface area contributed by atoms with Crippen molar-refractivity contribution in [3.8, 4) is 0 Å². The lowest BCUT2D eigenvalue weighted by Crippen LogP contribution is -2.51. The highest BCUT2D eigenvalue weighted by Crippen LogP contribution is 2.39. The number of aliphatic hydroxyl groups is 1. The molecule has 1 aliphatic carbocycles. The molecule has 2 unspecified atom stereocenters. The van der Waals surface area contributed by atoms with Crippen LogP contribution in [0.25, 0.3) is 0 Å². The Balaban J connectivity index is 1.85. The first-order chi connectivity index (χ1) is 9.72. The van der Waals surface area contributed by atoms with Crippen molar-refractivity contribution in [3.05, 3.63) is 18.1 Å². The van der Waals surface area contributed by atoms with E-state index in [2.05, 4.69) is 12.2 Å². The fourth-order valence-corrected chi connectivity index (χ4v) is 4.30. The van der Waals surface area contributed by atoms with Gasteiger partial charge in [0.05, 0.1) is 12.9 Å². The van der Waals surface area contributed by atoms with E-state index in [1.165, 1.54) is 17.7 Å². The van der Waals surface area contributed by atoms with Crippen LogP contribution < -0.4 is 5.32 Å². The maximum Gasteiger partial charge on any atom is 0.114 e. The number of hydrogen-bond acceptors (Lipinski definition) is 4. The molecule has 3 nitrogen and oxygen atoms in total. The summed E-state index contributed by atoms with van der Waals surface area (Å²) in [5.41, 5.74) is -0.0258. The highest BCUT2D eigenvalue weighted by Gasteiger charge is 2.41. The second-order valence-electron chi connectivity index (χ2n) is 5.81. The second-order valence-corrected chi connectivity index (χ2v) is 6.95. The molecule has 114 valence electrons. The molecule has 0 bridgehead atoms. The SMILES string of the molecule is CCCNC1(CO)CCCC1CCSc1ccoc1C. The number of nitrogens with one attached hydrogen (secondary N) is 1. The molecule has 1 aliphatic rings. The molecule has 0 saturated heterocycles. The van der Waals surface area contributed by atoms with Crippen molar-refractivity contribution in [2.75, 3.05) is 18.9 Å². The van der Waals surface area contributed by atoms with Gasteiger partial charge in [-0.05, 0) is 56.9 Å². The van der Waals surface area contributed by atoms with Crippen LogP contribution >= 0.6 is 11.8 Å². The zero-order chi connectivity index (χ0) is 14.4. The molecule has 20 heavy (non-hydrogen) atoms. The molecule has 2 atom stereocenters. The van der Waals surface area contributed by atoms with Gasteiger partial charge in [-0.2, -0.15) is 0 Å². The minimum atomic E-state index is -0.0258. The lowest BCUT2D eigenvalue weighted by Gasteiger charge is -2.35. The van der Waals surface area contributed by atoms with Crippen LogP contribution in [0.3, 0.4) is 0 Å². The van der Waals surface area contributed by atoms with E-state index >= 15 is 0 Å². The normalized spacial score (nSPS) is 26.2. The van der Waals surface area contributed by atoms with Gasteiger partial charge in [-0.1, -0.05) is 13.3 Å². The van der Waals surface area contributed by atoms with Crippen LogP contribution in [0.1, 0.15) is 44.8 Å². The van der Waals surface area contributed by atoms with Crippen LogP contribution in [0.2, 0.25) is 0 Å². The molecular formula is C16H27NO2S. The van der Waals surface area contributed by atoms with Crippen molar-refractivity contribution >= 4 is 11.8 Å². The Hall–Kier alpha value is -0.450. The first kappa shape index (κ1) is 15.9. The third kappa shape index (κ3) is 3.60. The molecule has 4 heteroatoms. The quantitative estimate of drug-likeness (QED) is 0.720. The van der Waals surface area contributed by atoms with Crippen LogP contribution in [-0.2, 0) is 0 Å². The van der Waals surface area contributed by atoms with Gasteiger partial charge in [0.2, 0.25) is 0 Å². The average Bonchev–Trinajstić information content (AvgIpc) is 3.04. The molecule has 0 aliphatic heterocycles. The van der Waals surface area contributed by atoms with Crippen LogP contribution in [-0.4, -0.2) is 29.5 Å². The molecule has 1 saturated carbocycles. The summed E-state index contributed by atoms with van der Waals surface area (Å²) < 4.78 is 5.33. The van der Waals surface area contributed by atoms with Crippen molar-refractivity contribution in [2.45, 2.75) is 56.4 Å². The van der Waals surface area contributed by atoms with Gasteiger partial charge in [-0.15, -0.1) is 11.8 Å². The van der Waals surface area contributed by atoms with Gasteiger partial charge in [0.15, 0.2) is 0 Å². The monoisotopic (exact) mass is 297 g/mol. The van der Waals surface area contributed by atoms with Crippen molar-refractivity contribution in [1.29, 1.82) is 0 Å². The molecule has 0 radical (unpaired) electrons. The summed E-state index contributed by atoms with van der Waals surface area (Å²) >= 11 is 1.87. The number of hydrogen-bond donors (Lipinski definition) is 2. The highest BCUT2D eigenvalue weighted by atomic mass is 32.2. The van der Waals surface area contributed by atoms with Gasteiger partial charge < -0.3 is 14.8 Å². The van der Waals surface area contributed by atoms with E-state index in [1.807, 2.05) is 24.8 Å². The fraction of sp³-hybridized carbons (Fsp3) is 0.750. The number of furan rings is 1. The Morgan fingerprint density at radius 3 is 3.05 bits per heavy atom. The maximum atomic E-state index is 9.86. The zero-order valence-corrected chi connectivity index (χ0v) is 13.5. The molecule has 0 spiro atoms. The summed E-state index contributed by atoms with van der Waals surface area (Å²) in [5.74, 6) is 2.71. The molecule has 2 N–H and O–H groups in total. The third-order valence-corrected chi connectivity index (χ3v) is 5.68. The summed E-state index contributed by atoms with van der Waals surface area (Å²) in [7, 11) is 0. The van der Waals surface area contributed by atoms with E-state index in [9.17, 15) is 5.11 Å². The minimum Gasteiger partial charge on any atom is -0.468 e. The molecular weight excluding hydrogens is 270 g/mol. The van der Waals surface area contributed by atoms with Crippen LogP contribution in [0, 0.1) is 12.8 Å². The van der Waals surface area contributed by atoms with E-state index in [1.54, 1.807) is 6.26 Å². The van der Waals surface area contributed by atoms with Crippen molar-refractivity contribution < 1.29 is 9.52 Å². The summed E-state index contributed by atoms with van der Waals surface area (Å²) in [6.45, 7) is 5.47. The van der Waals surface area contributed by atoms with E-state index in [4.69, 9.17) is 4.42 Å². The Bertz CT molecular complexity index is 407. The molecule has 1 aromatic rings. The summed E-state index contributed by atoms with van der Waals surface area (Å²) in [6, 6.07) is 2.04. The summed E-state index contributed by atoms with van der Waals surface area (Å²) in [5, 5.41) is 13.5. The topological polar surface area (TPSA) is 45.4 Å². The van der Waals surface area contributed by atoms with Crippen molar-refractivity contribution in [2.24, 2.45) is 5.92 Å². The number of rotatable bonds is 8. The van der Waals surface area contributed by atoms with E-state index in [0.717, 1.165) is 37.3 Å². The van der Waals surface area contributed by atoms with Crippen LogP contribution in [0.4, 0.5) is 0 Å². The van der Waals surface area contributed by atoms with E-state index in [-0.39, 0.29) is 12.1 Å². The lowest BCUT2D eigenvalue weighted by atomic mass is 9.85. The molecule has 2 rings (SSSR count). The smallest absolute Gasteiger partial charge is 0.114 e. The van der Waals surface area contributed by atoms with Gasteiger partial charge in [0.1, 0.15) is 5.76 Å². The lowest BCUT2D eigenvalue weighted by molar-refractivity contribution is 0.122. The maximum absolute atomic E-state index is 9.86. The molecule has 0 amide bonds. The van der Waals surface area contributed by atoms with E-state index < -0.39 is 0 Å². The average molecular weight is 297 g/mol. The first-order valence-corrected chi connectivity index (χ1v) is 8.73. The Labute approximate surface area is 126 Å². The number of thioether (sulfide) groups is 1. The number of aliphatic hydroxyl groups excluding tert-OH is 1. The van der Waals surface area contributed by atoms with Gasteiger partial charge >= 0.3 is 0 Å². The first-order valence-electron chi connectivity index (χ1n) is 7.74. The fourth-order valence-electron chi connectivity index (χ4n) is 3.27. The van der Waals surface area contributed by atoms with Gasteiger partial charge in [-0.3, -0.25) is 0 Å². The molecule has 1 aromatic heterocycles. The van der Waals surface area contributed by atoms with Gasteiger partial charge in [-0.25, -0.2) is 0 Å². The van der Waals surface area contributed by atoms with Crippen molar-refractivity contribution in [3.63, 3.8) is 0 Å². The third-order valence-electron chi connectivity index (χ3n) is 4.50. The Morgan fingerprint density at radius 2 is 2.40 bits per heavy atom. The predicted molar refractivity (Wildman–Crippen MR) is 84.2 cm³/mol. The standard InChI is InChI=1S/C16H27NO2S/c1-3-9-17-16(12-18)8-4-5-14(16)7-11-20-15-6-10-19-13(15)2/h6,10,14,17-18H,3-5,7-9,11-12H2,1-2H3. The molecule has 1 heterocycles. The predicted octanol–water partition coefficient (Wildman–Crippen LogP) is 3.60. The Morgan fingerprint density at radius 1 is 1.55 bits per heavy atom. The largest absolute Gasteiger partial charge is 0.468 e. The summed E-state index contributed by atoms with van der Waals surface area (Å²) in [6.07, 6.45) is 7.63. The highest BCUT2D eigenvalue weighted by molar-refractivity contribution is 7.99. The van der Waals surface area contributed by atoms with Crippen molar-refractivity contribution in [1.82, 2.24) is 5.32 Å². The van der Waals surface area contributed by atoms with Crippen LogP contribution in [0.15, 0.2) is 21.6 Å².